The summed E-state index contributed by atoms with van der Waals surface area (Å²) < 4.78 is 4.86. The van der Waals surface area contributed by atoms with E-state index in [4.69, 9.17) is 10.00 Å². The van der Waals surface area contributed by atoms with Crippen molar-refractivity contribution < 1.29 is 14.6 Å². The van der Waals surface area contributed by atoms with Gasteiger partial charge in [0.2, 0.25) is 0 Å². The van der Waals surface area contributed by atoms with Gasteiger partial charge in [0.15, 0.2) is 5.78 Å². The number of hydrogen-bond acceptors (Lipinski definition) is 4. The third-order valence-corrected chi connectivity index (χ3v) is 1.82. The molecule has 0 aliphatic rings. The van der Waals surface area contributed by atoms with Crippen molar-refractivity contribution in [2.75, 3.05) is 7.11 Å². The van der Waals surface area contributed by atoms with Gasteiger partial charge in [0.25, 0.3) is 0 Å². The summed E-state index contributed by atoms with van der Waals surface area (Å²) in [4.78, 5) is 11.1. The maximum Gasteiger partial charge on any atom is 0.161 e. The maximum absolute atomic E-state index is 11.1. The molecular weight excluding hydrogens is 182 g/mol. The van der Waals surface area contributed by atoms with Crippen LogP contribution in [0, 0.1) is 11.3 Å². The van der Waals surface area contributed by atoms with Crippen LogP contribution in [0.5, 0.6) is 11.5 Å². The molecule has 0 radical (unpaired) electrons. The first kappa shape index (κ1) is 10.1. The molecule has 0 spiro atoms. The molecule has 4 heteroatoms. The number of ketones is 1. The third kappa shape index (κ3) is 1.67. The number of aromatic hydroxyl groups is 1. The minimum atomic E-state index is -0.282. The molecule has 0 aliphatic heterocycles. The second-order valence-electron chi connectivity index (χ2n) is 2.74. The van der Waals surface area contributed by atoms with Gasteiger partial charge in [0.05, 0.1) is 7.11 Å². The van der Waals surface area contributed by atoms with E-state index in [2.05, 4.69) is 0 Å². The van der Waals surface area contributed by atoms with E-state index in [0.29, 0.717) is 5.75 Å². The summed E-state index contributed by atoms with van der Waals surface area (Å²) in [5.74, 6) is -0.167. The second kappa shape index (κ2) is 3.79. The van der Waals surface area contributed by atoms with Crippen molar-refractivity contribution in [1.82, 2.24) is 0 Å². The number of carbonyl (C=O) groups excluding carboxylic acids is 1. The zero-order valence-corrected chi connectivity index (χ0v) is 7.87. The van der Waals surface area contributed by atoms with Crippen LogP contribution in [0.25, 0.3) is 0 Å². The van der Waals surface area contributed by atoms with E-state index in [1.165, 1.54) is 26.2 Å². The molecular formula is C10H9NO3. The molecule has 0 bridgehead atoms. The van der Waals surface area contributed by atoms with Crippen LogP contribution >= 0.6 is 0 Å². The van der Waals surface area contributed by atoms with Gasteiger partial charge >= 0.3 is 0 Å². The summed E-state index contributed by atoms with van der Waals surface area (Å²) in [5.41, 5.74) is 0.155. The quantitative estimate of drug-likeness (QED) is 0.718. The van der Waals surface area contributed by atoms with E-state index >= 15 is 0 Å². The summed E-state index contributed by atoms with van der Waals surface area (Å²) in [7, 11) is 1.42. The van der Waals surface area contributed by atoms with E-state index < -0.39 is 0 Å². The lowest BCUT2D eigenvalue weighted by atomic mass is 10.0. The van der Waals surface area contributed by atoms with Crippen molar-refractivity contribution in [2.45, 2.75) is 6.92 Å². The van der Waals surface area contributed by atoms with Gasteiger partial charge in [-0.05, 0) is 13.0 Å². The van der Waals surface area contributed by atoms with Crippen LogP contribution in [0.15, 0.2) is 12.1 Å². The Balaban J connectivity index is 3.45. The number of rotatable bonds is 2. The van der Waals surface area contributed by atoms with Gasteiger partial charge in [-0.25, -0.2) is 0 Å². The Hall–Kier alpha value is -2.02. The molecule has 0 fully saturated rings. The number of Topliss-reactive ketones (excluding diaryl/α,β-unsaturated/α-hetero) is 1. The van der Waals surface area contributed by atoms with Crippen molar-refractivity contribution in [1.29, 1.82) is 5.26 Å². The molecule has 1 N–H and O–H groups in total. The van der Waals surface area contributed by atoms with Crippen LogP contribution in [-0.2, 0) is 0 Å². The first-order valence-electron chi connectivity index (χ1n) is 3.92. The Morgan fingerprint density at radius 1 is 1.57 bits per heavy atom. The summed E-state index contributed by atoms with van der Waals surface area (Å²) in [5, 5.41) is 18.1. The monoisotopic (exact) mass is 191 g/mol. The summed E-state index contributed by atoms with van der Waals surface area (Å²) in [6.45, 7) is 1.33. The lowest BCUT2D eigenvalue weighted by Crippen LogP contribution is -1.98. The van der Waals surface area contributed by atoms with Gasteiger partial charge in [0.1, 0.15) is 23.1 Å². The van der Waals surface area contributed by atoms with Gasteiger partial charge in [-0.15, -0.1) is 0 Å². The normalized spacial score (nSPS) is 9.21. The van der Waals surface area contributed by atoms with Crippen LogP contribution in [0.1, 0.15) is 22.8 Å². The molecule has 72 valence electrons. The molecule has 0 atom stereocenters. The van der Waals surface area contributed by atoms with E-state index in [9.17, 15) is 9.90 Å². The number of benzene rings is 1. The fraction of sp³-hybridized carbons (Fsp3) is 0.200. The van der Waals surface area contributed by atoms with Crippen molar-refractivity contribution in [3.05, 3.63) is 23.3 Å². The second-order valence-corrected chi connectivity index (χ2v) is 2.74. The molecule has 1 rings (SSSR count). The number of methoxy groups -OCH3 is 1. The lowest BCUT2D eigenvalue weighted by molar-refractivity contribution is 0.101. The average molecular weight is 191 g/mol. The SMILES string of the molecule is COc1cc(O)c(C#N)c(C(C)=O)c1. The first-order chi connectivity index (χ1) is 6.60. The molecule has 4 nitrogen and oxygen atoms in total. The van der Waals surface area contributed by atoms with Crippen molar-refractivity contribution >= 4 is 5.78 Å². The summed E-state index contributed by atoms with van der Waals surface area (Å²) in [6.07, 6.45) is 0. The van der Waals surface area contributed by atoms with Crippen LogP contribution in [0.4, 0.5) is 0 Å². The van der Waals surface area contributed by atoms with Crippen LogP contribution in [0.2, 0.25) is 0 Å². The molecule has 0 amide bonds. The van der Waals surface area contributed by atoms with Crippen molar-refractivity contribution in [3.63, 3.8) is 0 Å². The van der Waals surface area contributed by atoms with E-state index in [1.54, 1.807) is 6.07 Å². The Morgan fingerprint density at radius 3 is 2.64 bits per heavy atom. The average Bonchev–Trinajstić information content (AvgIpc) is 2.16. The Labute approximate surface area is 81.4 Å². The molecule has 0 heterocycles. The number of phenolic OH excluding ortho intramolecular Hbond substituents is 1. The van der Waals surface area contributed by atoms with Crippen LogP contribution < -0.4 is 4.74 Å². The minimum Gasteiger partial charge on any atom is -0.506 e. The van der Waals surface area contributed by atoms with Crippen LogP contribution in [0.3, 0.4) is 0 Å². The van der Waals surface area contributed by atoms with Crippen molar-refractivity contribution in [2.24, 2.45) is 0 Å². The number of nitrogens with zero attached hydrogens (tertiary/aromatic N) is 1. The van der Waals surface area contributed by atoms with E-state index in [-0.39, 0.29) is 22.7 Å². The zero-order chi connectivity index (χ0) is 10.7. The maximum atomic E-state index is 11.1. The Bertz CT molecular complexity index is 418. The van der Waals surface area contributed by atoms with Gasteiger partial charge in [-0.2, -0.15) is 5.26 Å². The topological polar surface area (TPSA) is 70.3 Å². The minimum absolute atomic E-state index is 0.0155. The highest BCUT2D eigenvalue weighted by atomic mass is 16.5. The highest BCUT2D eigenvalue weighted by molar-refractivity contribution is 5.97. The van der Waals surface area contributed by atoms with Crippen molar-refractivity contribution in [3.8, 4) is 17.6 Å². The first-order valence-corrected chi connectivity index (χ1v) is 3.92. The zero-order valence-electron chi connectivity index (χ0n) is 7.87. The predicted octanol–water partition coefficient (Wildman–Crippen LogP) is 1.48. The molecule has 0 unspecified atom stereocenters. The molecule has 0 saturated heterocycles. The van der Waals surface area contributed by atoms with Gasteiger partial charge in [-0.1, -0.05) is 0 Å². The fourth-order valence-corrected chi connectivity index (χ4v) is 1.11. The molecule has 1 aromatic rings. The van der Waals surface area contributed by atoms with Crippen LogP contribution in [-0.4, -0.2) is 18.0 Å². The molecule has 1 aromatic carbocycles. The Kier molecular flexibility index (Phi) is 2.73. The van der Waals surface area contributed by atoms with Gasteiger partial charge in [-0.3, -0.25) is 4.79 Å². The molecule has 0 aliphatic carbocycles. The number of carbonyl (C=O) groups is 1. The third-order valence-electron chi connectivity index (χ3n) is 1.82. The highest BCUT2D eigenvalue weighted by Crippen LogP contribution is 2.27. The highest BCUT2D eigenvalue weighted by Gasteiger charge is 2.13. The largest absolute Gasteiger partial charge is 0.506 e. The van der Waals surface area contributed by atoms with E-state index in [0.717, 1.165) is 0 Å². The Morgan fingerprint density at radius 2 is 2.21 bits per heavy atom. The summed E-state index contributed by atoms with van der Waals surface area (Å²) in [6, 6.07) is 4.50. The number of phenols is 1. The fourth-order valence-electron chi connectivity index (χ4n) is 1.11. The lowest BCUT2D eigenvalue weighted by Gasteiger charge is -2.05. The predicted molar refractivity (Wildman–Crippen MR) is 49.4 cm³/mol. The van der Waals surface area contributed by atoms with Gasteiger partial charge in [0, 0.05) is 11.6 Å². The van der Waals surface area contributed by atoms with Gasteiger partial charge < -0.3 is 9.84 Å². The van der Waals surface area contributed by atoms with E-state index in [1.807, 2.05) is 0 Å². The number of ether oxygens (including phenoxy) is 1. The molecule has 0 saturated carbocycles. The summed E-state index contributed by atoms with van der Waals surface area (Å²) >= 11 is 0. The standard InChI is InChI=1S/C10H9NO3/c1-6(12)8-3-7(14-2)4-10(13)9(8)5-11/h3-4,13H,1-2H3. The number of hydrogen-bond donors (Lipinski definition) is 1. The molecule has 14 heavy (non-hydrogen) atoms. The smallest absolute Gasteiger partial charge is 0.161 e. The molecule has 0 aromatic heterocycles. The number of nitriles is 1.